The summed E-state index contributed by atoms with van der Waals surface area (Å²) in [5.74, 6) is 0. The molecule has 58 valence electrons. The van der Waals surface area contributed by atoms with Gasteiger partial charge >= 0.3 is 0 Å². The van der Waals surface area contributed by atoms with Gasteiger partial charge in [0.05, 0.1) is 0 Å². The molecule has 2 radical (unpaired) electrons. The van der Waals surface area contributed by atoms with Crippen molar-refractivity contribution >= 4 is 9.76 Å². The van der Waals surface area contributed by atoms with Crippen LogP contribution in [0.2, 0.25) is 5.54 Å². The fourth-order valence-corrected chi connectivity index (χ4v) is 0.954. The van der Waals surface area contributed by atoms with Gasteiger partial charge in [-0.05, 0) is 26.3 Å². The molecule has 0 spiro atoms. The molecule has 0 aliphatic carbocycles. The van der Waals surface area contributed by atoms with Gasteiger partial charge in [0.1, 0.15) is 0 Å². The lowest BCUT2D eigenvalue weighted by molar-refractivity contribution is 0.137. The van der Waals surface area contributed by atoms with Crippen LogP contribution in [0.4, 0.5) is 0 Å². The van der Waals surface area contributed by atoms with Crippen molar-refractivity contribution in [3.8, 4) is 0 Å². The minimum atomic E-state index is -0.00425. The summed E-state index contributed by atoms with van der Waals surface area (Å²) in [6.07, 6.45) is 1.92. The zero-order valence-electron chi connectivity index (χ0n) is 7.27. The Kier molecular flexibility index (Phi) is 3.90. The fourth-order valence-electron chi connectivity index (χ4n) is 0.318. The van der Waals surface area contributed by atoms with Crippen molar-refractivity contribution in [3.05, 3.63) is 12.7 Å². The second-order valence-corrected chi connectivity index (χ2v) is 4.71. The van der Waals surface area contributed by atoms with Crippen LogP contribution in [0.15, 0.2) is 12.7 Å². The molecule has 0 aliphatic heterocycles. The van der Waals surface area contributed by atoms with Crippen molar-refractivity contribution in [2.24, 2.45) is 0 Å². The summed E-state index contributed by atoms with van der Waals surface area (Å²) >= 11 is 0. The normalized spacial score (nSPS) is 14.8. The molecule has 0 rings (SSSR count). The van der Waals surface area contributed by atoms with Gasteiger partial charge in [0.2, 0.25) is 9.76 Å². The fraction of sp³-hybridized carbons (Fsp3) is 0.750. The van der Waals surface area contributed by atoms with Crippen LogP contribution in [0, 0.1) is 0 Å². The molecule has 10 heavy (non-hydrogen) atoms. The monoisotopic (exact) mass is 156 g/mol. The highest BCUT2D eigenvalue weighted by Crippen LogP contribution is 2.10. The maximum atomic E-state index is 5.54. The summed E-state index contributed by atoms with van der Waals surface area (Å²) in [5, 5.41) is 0. The van der Waals surface area contributed by atoms with Crippen molar-refractivity contribution < 1.29 is 4.43 Å². The molecular weight excluding hydrogens is 140 g/mol. The summed E-state index contributed by atoms with van der Waals surface area (Å²) in [4.78, 5) is 0. The molecule has 0 aliphatic rings. The van der Waals surface area contributed by atoms with Crippen LogP contribution in [-0.2, 0) is 4.43 Å². The predicted molar refractivity (Wildman–Crippen MR) is 46.2 cm³/mol. The topological polar surface area (TPSA) is 9.23 Å². The average Bonchev–Trinajstić information content (AvgIpc) is 1.81. The van der Waals surface area contributed by atoms with Gasteiger partial charge < -0.3 is 4.43 Å². The Morgan fingerprint density at radius 2 is 2.00 bits per heavy atom. The number of allylic oxidation sites excluding steroid dienone is 1. The number of rotatable bonds is 3. The minimum absolute atomic E-state index is 0.00425. The van der Waals surface area contributed by atoms with Crippen LogP contribution in [0.5, 0.6) is 0 Å². The van der Waals surface area contributed by atoms with Gasteiger partial charge in [-0.2, -0.15) is 0 Å². The molecule has 0 N–H and O–H groups in total. The zero-order valence-corrected chi connectivity index (χ0v) is 8.27. The van der Waals surface area contributed by atoms with Gasteiger partial charge in [0, 0.05) is 5.60 Å². The van der Waals surface area contributed by atoms with Crippen LogP contribution in [0.3, 0.4) is 0 Å². The van der Waals surface area contributed by atoms with Crippen molar-refractivity contribution in [2.75, 3.05) is 0 Å². The lowest BCUT2D eigenvalue weighted by Gasteiger charge is -2.20. The summed E-state index contributed by atoms with van der Waals surface area (Å²) < 4.78 is 5.54. The van der Waals surface area contributed by atoms with Crippen molar-refractivity contribution in [2.45, 2.75) is 38.8 Å². The molecule has 0 heterocycles. The molecule has 1 atom stereocenters. The Bertz CT molecular complexity index is 104. The Morgan fingerprint density at radius 3 is 2.30 bits per heavy atom. The third-order valence-corrected chi connectivity index (χ3v) is 2.24. The molecule has 0 saturated heterocycles. The number of hydrogen-bond donors (Lipinski definition) is 0. The van der Waals surface area contributed by atoms with E-state index in [1.165, 1.54) is 0 Å². The van der Waals surface area contributed by atoms with E-state index in [0.29, 0.717) is 15.3 Å². The Morgan fingerprint density at radius 1 is 1.50 bits per heavy atom. The van der Waals surface area contributed by atoms with Crippen LogP contribution >= 0.6 is 0 Å². The average molecular weight is 156 g/mol. The molecule has 0 aromatic rings. The van der Waals surface area contributed by atoms with Gasteiger partial charge in [-0.25, -0.2) is 0 Å². The molecule has 0 fully saturated rings. The quantitative estimate of drug-likeness (QED) is 0.450. The summed E-state index contributed by atoms with van der Waals surface area (Å²) in [7, 11) is 0.539. The van der Waals surface area contributed by atoms with E-state index in [4.69, 9.17) is 4.43 Å². The first-order valence-corrected chi connectivity index (χ1v) is 4.50. The minimum Gasteiger partial charge on any atom is -0.412 e. The zero-order chi connectivity index (χ0) is 8.20. The van der Waals surface area contributed by atoms with E-state index in [2.05, 4.69) is 34.3 Å². The first kappa shape index (κ1) is 9.92. The first-order chi connectivity index (χ1) is 4.45. The highest BCUT2D eigenvalue weighted by atomic mass is 28.2. The maximum Gasteiger partial charge on any atom is 0.237 e. The van der Waals surface area contributed by atoms with Crippen LogP contribution < -0.4 is 0 Å². The second kappa shape index (κ2) is 3.94. The Balaban J connectivity index is 3.45. The van der Waals surface area contributed by atoms with Crippen molar-refractivity contribution in [3.63, 3.8) is 0 Å². The molecule has 0 bridgehead atoms. The number of hydrogen-bond acceptors (Lipinski definition) is 1. The smallest absolute Gasteiger partial charge is 0.237 e. The lowest BCUT2D eigenvalue weighted by atomic mass is 10.2. The largest absolute Gasteiger partial charge is 0.412 e. The lowest BCUT2D eigenvalue weighted by Crippen LogP contribution is -2.22. The van der Waals surface area contributed by atoms with E-state index in [9.17, 15) is 0 Å². The predicted octanol–water partition coefficient (Wildman–Crippen LogP) is 2.42. The van der Waals surface area contributed by atoms with Gasteiger partial charge in [-0.3, -0.25) is 0 Å². The summed E-state index contributed by atoms with van der Waals surface area (Å²) in [5.41, 5.74) is 0.481. The van der Waals surface area contributed by atoms with Crippen LogP contribution in [0.25, 0.3) is 0 Å². The second-order valence-electron chi connectivity index (χ2n) is 3.36. The van der Waals surface area contributed by atoms with Gasteiger partial charge in [-0.1, -0.05) is 13.0 Å². The molecule has 0 aromatic heterocycles. The van der Waals surface area contributed by atoms with E-state index >= 15 is 0 Å². The molecule has 1 nitrogen and oxygen atoms in total. The van der Waals surface area contributed by atoms with Gasteiger partial charge in [-0.15, -0.1) is 6.58 Å². The van der Waals surface area contributed by atoms with Crippen LogP contribution in [0.1, 0.15) is 27.7 Å². The van der Waals surface area contributed by atoms with Gasteiger partial charge in [0.25, 0.3) is 0 Å². The molecule has 0 aromatic carbocycles. The summed E-state index contributed by atoms with van der Waals surface area (Å²) in [6.45, 7) is 12.0. The molecule has 0 saturated carbocycles. The van der Waals surface area contributed by atoms with E-state index in [1.807, 2.05) is 6.08 Å². The molecule has 2 heteroatoms. The molecule has 1 unspecified atom stereocenters. The van der Waals surface area contributed by atoms with Gasteiger partial charge in [0.15, 0.2) is 0 Å². The Hall–Kier alpha value is -0.0831. The molecule has 0 amide bonds. The highest BCUT2D eigenvalue weighted by Gasteiger charge is 2.11. The first-order valence-electron chi connectivity index (χ1n) is 3.52. The third kappa shape index (κ3) is 6.04. The third-order valence-electron chi connectivity index (χ3n) is 0.905. The molecular formula is C8H16OSi. The SMILES string of the molecule is C=CC(C)[Si]OC(C)(C)C. The highest BCUT2D eigenvalue weighted by molar-refractivity contribution is 6.30. The Labute approximate surface area is 66.4 Å². The standard InChI is InChI=1S/C8H16OSi/c1-6-7(2)10-9-8(3,4)5/h6-7H,1H2,2-5H3. The van der Waals surface area contributed by atoms with E-state index in [1.54, 1.807) is 0 Å². The van der Waals surface area contributed by atoms with E-state index in [-0.39, 0.29) is 5.60 Å². The van der Waals surface area contributed by atoms with Crippen molar-refractivity contribution in [1.82, 2.24) is 0 Å². The van der Waals surface area contributed by atoms with Crippen LogP contribution in [-0.4, -0.2) is 15.4 Å². The summed E-state index contributed by atoms with van der Waals surface area (Å²) in [6, 6.07) is 0. The maximum absolute atomic E-state index is 5.54. The van der Waals surface area contributed by atoms with E-state index in [0.717, 1.165) is 0 Å². The van der Waals surface area contributed by atoms with Crippen molar-refractivity contribution in [1.29, 1.82) is 0 Å². The van der Waals surface area contributed by atoms with E-state index < -0.39 is 0 Å².